The molecule has 21 heavy (non-hydrogen) atoms. The van der Waals surface area contributed by atoms with Gasteiger partial charge >= 0.3 is 0 Å². The topological polar surface area (TPSA) is 67.4 Å². The SMILES string of the molecule is C[C@@H]1C[C@H]1C(=O)Nc1ccc(NC(=O)[C@H]2CCCO2)cc1. The van der Waals surface area contributed by atoms with Gasteiger partial charge in [-0.15, -0.1) is 0 Å². The quantitative estimate of drug-likeness (QED) is 0.894. The van der Waals surface area contributed by atoms with Crippen LogP contribution in [0.15, 0.2) is 24.3 Å². The molecule has 1 saturated carbocycles. The maximum absolute atomic E-state index is 11.9. The van der Waals surface area contributed by atoms with Crippen LogP contribution in [0.2, 0.25) is 0 Å². The first-order valence-corrected chi connectivity index (χ1v) is 7.47. The van der Waals surface area contributed by atoms with E-state index in [4.69, 9.17) is 4.74 Å². The lowest BCUT2D eigenvalue weighted by Gasteiger charge is -2.11. The maximum Gasteiger partial charge on any atom is 0.253 e. The highest BCUT2D eigenvalue weighted by atomic mass is 16.5. The summed E-state index contributed by atoms with van der Waals surface area (Å²) in [5.41, 5.74) is 1.47. The van der Waals surface area contributed by atoms with Gasteiger partial charge in [0.1, 0.15) is 6.10 Å². The first kappa shape index (κ1) is 14.1. The molecule has 1 aliphatic heterocycles. The third-order valence-electron chi connectivity index (χ3n) is 4.09. The molecule has 1 heterocycles. The molecule has 0 spiro atoms. The predicted octanol–water partition coefficient (Wildman–Crippen LogP) is 2.40. The molecule has 2 fully saturated rings. The van der Waals surface area contributed by atoms with Crippen molar-refractivity contribution < 1.29 is 14.3 Å². The minimum absolute atomic E-state index is 0.0821. The first-order chi connectivity index (χ1) is 10.1. The van der Waals surface area contributed by atoms with E-state index in [1.54, 1.807) is 24.3 Å². The van der Waals surface area contributed by atoms with Crippen molar-refractivity contribution in [2.45, 2.75) is 32.3 Å². The van der Waals surface area contributed by atoms with Gasteiger partial charge in [0, 0.05) is 23.9 Å². The second-order valence-electron chi connectivity index (χ2n) is 5.88. The van der Waals surface area contributed by atoms with Gasteiger partial charge in [0.05, 0.1) is 0 Å². The van der Waals surface area contributed by atoms with Gasteiger partial charge in [-0.3, -0.25) is 9.59 Å². The third kappa shape index (κ3) is 3.42. The van der Waals surface area contributed by atoms with Crippen molar-refractivity contribution in [1.82, 2.24) is 0 Å². The number of hydrogen-bond donors (Lipinski definition) is 2. The summed E-state index contributed by atoms with van der Waals surface area (Å²) in [5, 5.41) is 5.72. The number of anilines is 2. The van der Waals surface area contributed by atoms with E-state index in [0.717, 1.165) is 24.9 Å². The van der Waals surface area contributed by atoms with Gasteiger partial charge in [0.25, 0.3) is 5.91 Å². The number of carbonyl (C=O) groups excluding carboxylic acids is 2. The van der Waals surface area contributed by atoms with Gasteiger partial charge in [-0.25, -0.2) is 0 Å². The molecule has 0 radical (unpaired) electrons. The molecule has 1 aromatic carbocycles. The molecule has 2 aliphatic rings. The highest BCUT2D eigenvalue weighted by Crippen LogP contribution is 2.38. The Morgan fingerprint density at radius 2 is 1.67 bits per heavy atom. The molecule has 5 heteroatoms. The molecule has 1 aromatic rings. The fourth-order valence-corrected chi connectivity index (χ4v) is 2.57. The average Bonchev–Trinajstić information content (AvgIpc) is 2.99. The lowest BCUT2D eigenvalue weighted by atomic mass is 10.2. The molecule has 2 amide bonds. The summed E-state index contributed by atoms with van der Waals surface area (Å²) in [7, 11) is 0. The van der Waals surface area contributed by atoms with Crippen molar-refractivity contribution in [3.05, 3.63) is 24.3 Å². The highest BCUT2D eigenvalue weighted by molar-refractivity contribution is 5.96. The van der Waals surface area contributed by atoms with Crippen molar-refractivity contribution in [2.75, 3.05) is 17.2 Å². The van der Waals surface area contributed by atoms with Crippen LogP contribution in [0.25, 0.3) is 0 Å². The minimum Gasteiger partial charge on any atom is -0.368 e. The molecule has 3 atom stereocenters. The smallest absolute Gasteiger partial charge is 0.253 e. The zero-order chi connectivity index (χ0) is 14.8. The minimum atomic E-state index is -0.333. The average molecular weight is 288 g/mol. The Bertz CT molecular complexity index is 535. The van der Waals surface area contributed by atoms with Gasteiger partial charge in [-0.05, 0) is 49.4 Å². The predicted molar refractivity (Wildman–Crippen MR) is 79.9 cm³/mol. The zero-order valence-electron chi connectivity index (χ0n) is 12.1. The van der Waals surface area contributed by atoms with E-state index in [0.29, 0.717) is 18.2 Å². The van der Waals surface area contributed by atoms with Crippen molar-refractivity contribution >= 4 is 23.2 Å². The Balaban J connectivity index is 1.53. The summed E-state index contributed by atoms with van der Waals surface area (Å²) < 4.78 is 5.34. The van der Waals surface area contributed by atoms with Crippen LogP contribution in [0.3, 0.4) is 0 Å². The summed E-state index contributed by atoms with van der Waals surface area (Å²) in [6.45, 7) is 2.73. The fraction of sp³-hybridized carbons (Fsp3) is 0.500. The number of ether oxygens (including phenoxy) is 1. The largest absolute Gasteiger partial charge is 0.368 e. The lowest BCUT2D eigenvalue weighted by Crippen LogP contribution is -2.26. The summed E-state index contributed by atoms with van der Waals surface area (Å²) in [6.07, 6.45) is 2.35. The molecule has 112 valence electrons. The van der Waals surface area contributed by atoms with Gasteiger partial charge in [0.2, 0.25) is 5.91 Å². The van der Waals surface area contributed by atoms with E-state index < -0.39 is 0 Å². The summed E-state index contributed by atoms with van der Waals surface area (Å²) in [5.74, 6) is 0.633. The lowest BCUT2D eigenvalue weighted by molar-refractivity contribution is -0.124. The Morgan fingerprint density at radius 3 is 2.14 bits per heavy atom. The van der Waals surface area contributed by atoms with Gasteiger partial charge in [0.15, 0.2) is 0 Å². The number of carbonyl (C=O) groups is 2. The zero-order valence-corrected chi connectivity index (χ0v) is 12.1. The van der Waals surface area contributed by atoms with Gasteiger partial charge < -0.3 is 15.4 Å². The van der Waals surface area contributed by atoms with E-state index in [-0.39, 0.29) is 23.8 Å². The van der Waals surface area contributed by atoms with Crippen LogP contribution in [0, 0.1) is 11.8 Å². The fourth-order valence-electron chi connectivity index (χ4n) is 2.57. The third-order valence-corrected chi connectivity index (χ3v) is 4.09. The van der Waals surface area contributed by atoms with E-state index in [1.165, 1.54) is 0 Å². The van der Waals surface area contributed by atoms with Gasteiger partial charge in [-0.2, -0.15) is 0 Å². The van der Waals surface area contributed by atoms with Crippen LogP contribution in [-0.4, -0.2) is 24.5 Å². The highest BCUT2D eigenvalue weighted by Gasteiger charge is 2.39. The van der Waals surface area contributed by atoms with Crippen molar-refractivity contribution in [3.8, 4) is 0 Å². The molecule has 3 rings (SSSR count). The van der Waals surface area contributed by atoms with E-state index >= 15 is 0 Å². The normalized spacial score (nSPS) is 27.2. The standard InChI is InChI=1S/C16H20N2O3/c1-10-9-13(10)15(19)17-11-4-6-12(7-5-11)18-16(20)14-3-2-8-21-14/h4-7,10,13-14H,2-3,8-9H2,1H3,(H,17,19)(H,18,20)/t10-,13-,14-/m1/s1. The second-order valence-corrected chi connectivity index (χ2v) is 5.88. The number of nitrogens with one attached hydrogen (secondary N) is 2. The van der Waals surface area contributed by atoms with Crippen LogP contribution in [-0.2, 0) is 14.3 Å². The molecular formula is C16H20N2O3. The van der Waals surface area contributed by atoms with E-state index in [2.05, 4.69) is 17.6 Å². The number of amides is 2. The molecule has 0 aromatic heterocycles. The summed E-state index contributed by atoms with van der Waals surface area (Å²) in [4.78, 5) is 23.7. The Kier molecular flexibility index (Phi) is 3.92. The molecule has 5 nitrogen and oxygen atoms in total. The van der Waals surface area contributed by atoms with Crippen LogP contribution in [0.1, 0.15) is 26.2 Å². The summed E-state index contributed by atoms with van der Waals surface area (Å²) in [6, 6.07) is 7.18. The van der Waals surface area contributed by atoms with Gasteiger partial charge in [-0.1, -0.05) is 6.92 Å². The van der Waals surface area contributed by atoms with Crippen LogP contribution < -0.4 is 10.6 Å². The maximum atomic E-state index is 11.9. The van der Waals surface area contributed by atoms with Crippen molar-refractivity contribution in [3.63, 3.8) is 0 Å². The first-order valence-electron chi connectivity index (χ1n) is 7.47. The number of rotatable bonds is 4. The summed E-state index contributed by atoms with van der Waals surface area (Å²) >= 11 is 0. The second kappa shape index (κ2) is 5.85. The van der Waals surface area contributed by atoms with E-state index in [1.807, 2.05) is 0 Å². The van der Waals surface area contributed by atoms with Crippen LogP contribution in [0.4, 0.5) is 11.4 Å². The van der Waals surface area contributed by atoms with Crippen LogP contribution >= 0.6 is 0 Å². The monoisotopic (exact) mass is 288 g/mol. The number of benzene rings is 1. The Hall–Kier alpha value is -1.88. The molecule has 0 bridgehead atoms. The number of hydrogen-bond acceptors (Lipinski definition) is 3. The van der Waals surface area contributed by atoms with Crippen molar-refractivity contribution in [2.24, 2.45) is 11.8 Å². The van der Waals surface area contributed by atoms with Crippen LogP contribution in [0.5, 0.6) is 0 Å². The Labute approximate surface area is 124 Å². The molecule has 1 aliphatic carbocycles. The van der Waals surface area contributed by atoms with E-state index in [9.17, 15) is 9.59 Å². The molecule has 2 N–H and O–H groups in total. The van der Waals surface area contributed by atoms with Crippen molar-refractivity contribution in [1.29, 1.82) is 0 Å². The molecule has 0 unspecified atom stereocenters. The molecule has 1 saturated heterocycles. The molecular weight excluding hydrogens is 268 g/mol. The Morgan fingerprint density at radius 1 is 1.10 bits per heavy atom.